The van der Waals surface area contributed by atoms with Crippen LogP contribution in [0.2, 0.25) is 0 Å². The molecule has 0 bridgehead atoms. The van der Waals surface area contributed by atoms with Gasteiger partial charge in [0.2, 0.25) is 0 Å². The second-order valence-corrected chi connectivity index (χ2v) is 7.73. The molecule has 0 atom stereocenters. The lowest BCUT2D eigenvalue weighted by atomic mass is 10.1. The van der Waals surface area contributed by atoms with Gasteiger partial charge >= 0.3 is 0 Å². The van der Waals surface area contributed by atoms with E-state index in [1.807, 2.05) is 12.1 Å². The summed E-state index contributed by atoms with van der Waals surface area (Å²) in [5.74, 6) is 5.51. The Bertz CT molecular complexity index is 935. The Morgan fingerprint density at radius 2 is 1.14 bits per heavy atom. The van der Waals surface area contributed by atoms with Crippen molar-refractivity contribution in [2.75, 3.05) is 0 Å². The Hall–Kier alpha value is -2.64. The summed E-state index contributed by atoms with van der Waals surface area (Å²) in [5.41, 5.74) is 4.34. The van der Waals surface area contributed by atoms with E-state index in [2.05, 4.69) is 47.6 Å². The standard InChI is InChI=1S/C27H31N/c1-4-7-8-9-10-11-12-13-14-19-28-26-17-15-22(5-2)20-24(26)25-21-23(6-3)16-18-27(25)28/h2-3,15-18,20-21H,4,7-14,19H2,1H3. The normalized spacial score (nSPS) is 11.0. The molecule has 0 saturated heterocycles. The highest BCUT2D eigenvalue weighted by Gasteiger charge is 2.11. The van der Waals surface area contributed by atoms with Gasteiger partial charge in [-0.25, -0.2) is 0 Å². The molecular formula is C27H31N. The van der Waals surface area contributed by atoms with Gasteiger partial charge in [-0.05, 0) is 42.8 Å². The van der Waals surface area contributed by atoms with Gasteiger partial charge in [0.25, 0.3) is 0 Å². The Kier molecular flexibility index (Phi) is 7.22. The highest BCUT2D eigenvalue weighted by atomic mass is 15.0. The van der Waals surface area contributed by atoms with Crippen molar-refractivity contribution in [1.29, 1.82) is 0 Å². The molecule has 1 nitrogen and oxygen atoms in total. The predicted octanol–water partition coefficient (Wildman–Crippen LogP) is 7.29. The van der Waals surface area contributed by atoms with E-state index < -0.39 is 0 Å². The summed E-state index contributed by atoms with van der Waals surface area (Å²) < 4.78 is 2.44. The third kappa shape index (κ3) is 4.61. The van der Waals surface area contributed by atoms with E-state index in [9.17, 15) is 0 Å². The van der Waals surface area contributed by atoms with Gasteiger partial charge in [0.1, 0.15) is 0 Å². The van der Waals surface area contributed by atoms with Crippen LogP contribution < -0.4 is 0 Å². The molecule has 3 rings (SSSR count). The number of rotatable bonds is 10. The first kappa shape index (κ1) is 20.1. The number of aryl methyl sites for hydroxylation is 1. The van der Waals surface area contributed by atoms with Crippen molar-refractivity contribution < 1.29 is 0 Å². The molecule has 0 saturated carbocycles. The summed E-state index contributed by atoms with van der Waals surface area (Å²) in [7, 11) is 0. The zero-order valence-electron chi connectivity index (χ0n) is 17.1. The van der Waals surface area contributed by atoms with Crippen molar-refractivity contribution in [3.8, 4) is 24.7 Å². The van der Waals surface area contributed by atoms with Crippen LogP contribution in [0.3, 0.4) is 0 Å². The van der Waals surface area contributed by atoms with Gasteiger partial charge in [0.05, 0.1) is 0 Å². The van der Waals surface area contributed by atoms with Gasteiger partial charge < -0.3 is 4.57 Å². The number of fused-ring (bicyclic) bond motifs is 3. The summed E-state index contributed by atoms with van der Waals surface area (Å²) in [6.07, 6.45) is 23.4. The first-order valence-electron chi connectivity index (χ1n) is 10.8. The molecule has 0 aliphatic carbocycles. The molecule has 0 spiro atoms. The Morgan fingerprint density at radius 1 is 0.679 bits per heavy atom. The number of terminal acetylenes is 2. The molecule has 0 aliphatic rings. The first-order valence-corrected chi connectivity index (χ1v) is 10.8. The number of hydrogen-bond donors (Lipinski definition) is 0. The molecule has 0 radical (unpaired) electrons. The lowest BCUT2D eigenvalue weighted by Crippen LogP contribution is -1.98. The summed E-state index contributed by atoms with van der Waals surface area (Å²) in [4.78, 5) is 0. The molecule has 1 heterocycles. The number of nitrogens with zero attached hydrogens (tertiary/aromatic N) is 1. The van der Waals surface area contributed by atoms with Crippen molar-refractivity contribution >= 4 is 21.8 Å². The number of aromatic nitrogens is 1. The Morgan fingerprint density at radius 3 is 1.61 bits per heavy atom. The lowest BCUT2D eigenvalue weighted by molar-refractivity contribution is 0.546. The summed E-state index contributed by atoms with van der Waals surface area (Å²) in [5, 5.41) is 2.41. The monoisotopic (exact) mass is 369 g/mol. The quantitative estimate of drug-likeness (QED) is 0.261. The maximum atomic E-state index is 5.62. The summed E-state index contributed by atoms with van der Waals surface area (Å²) in [6, 6.07) is 12.6. The predicted molar refractivity (Wildman–Crippen MR) is 123 cm³/mol. The third-order valence-corrected chi connectivity index (χ3v) is 5.68. The van der Waals surface area contributed by atoms with Crippen LogP contribution >= 0.6 is 0 Å². The summed E-state index contributed by atoms with van der Waals surface area (Å²) >= 11 is 0. The lowest BCUT2D eigenvalue weighted by Gasteiger charge is -2.08. The van der Waals surface area contributed by atoms with Gasteiger partial charge in [-0.15, -0.1) is 12.8 Å². The molecule has 3 aromatic rings. The maximum absolute atomic E-state index is 5.62. The van der Waals surface area contributed by atoms with E-state index >= 15 is 0 Å². The van der Waals surface area contributed by atoms with Crippen LogP contribution in [-0.4, -0.2) is 4.57 Å². The fourth-order valence-corrected chi connectivity index (χ4v) is 4.11. The molecule has 144 valence electrons. The Balaban J connectivity index is 1.70. The van der Waals surface area contributed by atoms with Crippen LogP contribution in [0.25, 0.3) is 21.8 Å². The van der Waals surface area contributed by atoms with E-state index in [-0.39, 0.29) is 0 Å². The van der Waals surface area contributed by atoms with E-state index in [0.717, 1.165) is 17.7 Å². The third-order valence-electron chi connectivity index (χ3n) is 5.68. The highest BCUT2D eigenvalue weighted by Crippen LogP contribution is 2.31. The van der Waals surface area contributed by atoms with E-state index in [1.165, 1.54) is 79.6 Å². The van der Waals surface area contributed by atoms with Crippen molar-refractivity contribution in [2.24, 2.45) is 0 Å². The van der Waals surface area contributed by atoms with E-state index in [4.69, 9.17) is 12.8 Å². The van der Waals surface area contributed by atoms with Crippen molar-refractivity contribution in [3.05, 3.63) is 47.5 Å². The first-order chi connectivity index (χ1) is 13.8. The average molecular weight is 370 g/mol. The number of benzene rings is 2. The number of hydrogen-bond acceptors (Lipinski definition) is 0. The maximum Gasteiger partial charge on any atom is 0.0492 e. The Labute approximate surface area is 170 Å². The zero-order valence-corrected chi connectivity index (χ0v) is 17.1. The van der Waals surface area contributed by atoms with Crippen LogP contribution in [0.1, 0.15) is 75.8 Å². The van der Waals surface area contributed by atoms with Gasteiger partial charge in [-0.3, -0.25) is 0 Å². The van der Waals surface area contributed by atoms with Crippen molar-refractivity contribution in [1.82, 2.24) is 4.57 Å². The van der Waals surface area contributed by atoms with Crippen molar-refractivity contribution in [3.63, 3.8) is 0 Å². The van der Waals surface area contributed by atoms with Gasteiger partial charge in [0.15, 0.2) is 0 Å². The van der Waals surface area contributed by atoms with Crippen LogP contribution in [-0.2, 0) is 6.54 Å². The largest absolute Gasteiger partial charge is 0.340 e. The van der Waals surface area contributed by atoms with E-state index in [1.54, 1.807) is 0 Å². The molecule has 0 N–H and O–H groups in total. The van der Waals surface area contributed by atoms with Gasteiger partial charge in [0, 0.05) is 39.5 Å². The topological polar surface area (TPSA) is 4.93 Å². The minimum atomic E-state index is 0.917. The van der Waals surface area contributed by atoms with E-state index in [0.29, 0.717) is 0 Å². The molecule has 0 fully saturated rings. The molecule has 0 amide bonds. The zero-order chi connectivity index (χ0) is 19.8. The minimum Gasteiger partial charge on any atom is -0.340 e. The second kappa shape index (κ2) is 10.1. The van der Waals surface area contributed by atoms with Crippen LogP contribution in [0, 0.1) is 24.7 Å². The number of unbranched alkanes of at least 4 members (excludes halogenated alkanes) is 8. The SMILES string of the molecule is C#Cc1ccc2c(c1)c1cc(C#C)ccc1n2CCCCCCCCCCC. The van der Waals surface area contributed by atoms with Crippen LogP contribution in [0.5, 0.6) is 0 Å². The molecule has 2 aromatic carbocycles. The molecule has 1 aromatic heterocycles. The molecule has 1 heteroatoms. The van der Waals surface area contributed by atoms with Crippen molar-refractivity contribution in [2.45, 2.75) is 71.3 Å². The van der Waals surface area contributed by atoms with Gasteiger partial charge in [-0.1, -0.05) is 70.1 Å². The van der Waals surface area contributed by atoms with Gasteiger partial charge in [-0.2, -0.15) is 0 Å². The molecule has 28 heavy (non-hydrogen) atoms. The molecular weight excluding hydrogens is 338 g/mol. The fourth-order valence-electron chi connectivity index (χ4n) is 4.11. The fraction of sp³-hybridized carbons (Fsp3) is 0.407. The molecule has 0 aliphatic heterocycles. The van der Waals surface area contributed by atoms with Crippen LogP contribution in [0.15, 0.2) is 36.4 Å². The second-order valence-electron chi connectivity index (χ2n) is 7.73. The van der Waals surface area contributed by atoms with Crippen LogP contribution in [0.4, 0.5) is 0 Å². The smallest absolute Gasteiger partial charge is 0.0492 e. The minimum absolute atomic E-state index is 0.917. The molecule has 0 unspecified atom stereocenters. The average Bonchev–Trinajstić information content (AvgIpc) is 3.04. The summed E-state index contributed by atoms with van der Waals surface area (Å²) in [6.45, 7) is 3.32. The highest BCUT2D eigenvalue weighted by molar-refractivity contribution is 6.08.